The maximum absolute atomic E-state index is 13.0. The molecule has 136 valence electrons. The van der Waals surface area contributed by atoms with Gasteiger partial charge in [-0.1, -0.05) is 36.4 Å². The quantitative estimate of drug-likeness (QED) is 0.893. The van der Waals surface area contributed by atoms with E-state index in [0.29, 0.717) is 12.6 Å². The Morgan fingerprint density at radius 2 is 1.92 bits per heavy atom. The van der Waals surface area contributed by atoms with E-state index < -0.39 is 0 Å². The van der Waals surface area contributed by atoms with Crippen molar-refractivity contribution in [2.75, 3.05) is 13.1 Å². The van der Waals surface area contributed by atoms with Crippen LogP contribution in [0.1, 0.15) is 36.0 Å². The van der Waals surface area contributed by atoms with Crippen LogP contribution in [0.5, 0.6) is 0 Å². The molecular weight excluding hydrogens is 327 g/mol. The molecule has 3 nitrogen and oxygen atoms in total. The molecule has 1 heterocycles. The van der Waals surface area contributed by atoms with E-state index in [0.717, 1.165) is 31.5 Å². The fourth-order valence-corrected chi connectivity index (χ4v) is 3.97. The molecule has 4 heteroatoms. The third-order valence-corrected chi connectivity index (χ3v) is 5.78. The Morgan fingerprint density at radius 3 is 2.69 bits per heavy atom. The van der Waals surface area contributed by atoms with Gasteiger partial charge in [-0.3, -0.25) is 9.69 Å². The summed E-state index contributed by atoms with van der Waals surface area (Å²) in [6.45, 7) is 4.84. The third kappa shape index (κ3) is 3.65. The third-order valence-electron chi connectivity index (χ3n) is 5.78. The maximum Gasteiger partial charge on any atom is 0.223 e. The van der Waals surface area contributed by atoms with Gasteiger partial charge in [-0.15, -0.1) is 0 Å². The number of carbonyl (C=O) groups is 1. The zero-order valence-corrected chi connectivity index (χ0v) is 15.1. The normalized spacial score (nSPS) is 23.2. The average molecular weight is 352 g/mol. The lowest BCUT2D eigenvalue weighted by Gasteiger charge is -2.33. The highest BCUT2D eigenvalue weighted by Gasteiger charge is 2.43. The molecule has 1 aliphatic heterocycles. The second-order valence-electron chi connectivity index (χ2n) is 7.58. The fourth-order valence-electron chi connectivity index (χ4n) is 3.97. The predicted molar refractivity (Wildman–Crippen MR) is 100 cm³/mol. The summed E-state index contributed by atoms with van der Waals surface area (Å²) in [4.78, 5) is 14.9. The molecule has 3 atom stereocenters. The molecule has 1 saturated carbocycles. The van der Waals surface area contributed by atoms with E-state index in [4.69, 9.17) is 0 Å². The zero-order valence-electron chi connectivity index (χ0n) is 15.1. The van der Waals surface area contributed by atoms with E-state index in [-0.39, 0.29) is 23.6 Å². The SMILES string of the molecule is CC(CNC(=O)C1CC1c1ccc(F)cc1)N1CCc2ccccc2C1. The van der Waals surface area contributed by atoms with Gasteiger partial charge in [-0.2, -0.15) is 0 Å². The summed E-state index contributed by atoms with van der Waals surface area (Å²) in [5, 5.41) is 3.12. The van der Waals surface area contributed by atoms with Crippen molar-refractivity contribution in [2.24, 2.45) is 5.92 Å². The fraction of sp³-hybridized carbons (Fsp3) is 0.409. The lowest BCUT2D eigenvalue weighted by Crippen LogP contribution is -2.44. The van der Waals surface area contributed by atoms with Gasteiger partial charge in [-0.25, -0.2) is 4.39 Å². The van der Waals surface area contributed by atoms with E-state index in [9.17, 15) is 9.18 Å². The summed E-state index contributed by atoms with van der Waals surface area (Å²) in [6, 6.07) is 15.4. The maximum atomic E-state index is 13.0. The minimum Gasteiger partial charge on any atom is -0.354 e. The van der Waals surface area contributed by atoms with Crippen molar-refractivity contribution in [1.82, 2.24) is 10.2 Å². The van der Waals surface area contributed by atoms with Crippen molar-refractivity contribution in [3.63, 3.8) is 0 Å². The van der Waals surface area contributed by atoms with E-state index in [2.05, 4.69) is 41.4 Å². The number of halogens is 1. The lowest BCUT2D eigenvalue weighted by molar-refractivity contribution is -0.122. The molecule has 26 heavy (non-hydrogen) atoms. The first-order valence-corrected chi connectivity index (χ1v) is 9.46. The first-order chi connectivity index (χ1) is 12.6. The van der Waals surface area contributed by atoms with E-state index in [1.54, 1.807) is 12.1 Å². The molecule has 0 spiro atoms. The largest absolute Gasteiger partial charge is 0.354 e. The van der Waals surface area contributed by atoms with Gasteiger partial charge in [0.15, 0.2) is 0 Å². The van der Waals surface area contributed by atoms with Crippen molar-refractivity contribution in [2.45, 2.75) is 38.3 Å². The van der Waals surface area contributed by atoms with Gasteiger partial charge in [0.1, 0.15) is 5.82 Å². The predicted octanol–water partition coefficient (Wildman–Crippen LogP) is 3.49. The molecule has 0 radical (unpaired) electrons. The number of fused-ring (bicyclic) bond motifs is 1. The summed E-state index contributed by atoms with van der Waals surface area (Å²) < 4.78 is 13.0. The lowest BCUT2D eigenvalue weighted by atomic mass is 9.99. The van der Waals surface area contributed by atoms with Crippen LogP contribution in [0.3, 0.4) is 0 Å². The molecule has 3 unspecified atom stereocenters. The standard InChI is InChI=1S/C22H25FN2O/c1-15(25-11-10-16-4-2-3-5-18(16)14-25)13-24-22(26)21-12-20(21)17-6-8-19(23)9-7-17/h2-9,15,20-21H,10-14H2,1H3,(H,24,26). The second kappa shape index (κ2) is 7.20. The van der Waals surface area contributed by atoms with Gasteiger partial charge in [0.05, 0.1) is 0 Å². The van der Waals surface area contributed by atoms with E-state index in [1.807, 2.05) is 0 Å². The van der Waals surface area contributed by atoms with Crippen molar-refractivity contribution in [1.29, 1.82) is 0 Å². The van der Waals surface area contributed by atoms with Gasteiger partial charge < -0.3 is 5.32 Å². The molecule has 0 saturated heterocycles. The Balaban J connectivity index is 1.27. The summed E-state index contributed by atoms with van der Waals surface area (Å²) in [5.41, 5.74) is 3.91. The smallest absolute Gasteiger partial charge is 0.223 e. The second-order valence-corrected chi connectivity index (χ2v) is 7.58. The van der Waals surface area contributed by atoms with Crippen LogP contribution in [-0.4, -0.2) is 29.9 Å². The number of hydrogen-bond donors (Lipinski definition) is 1. The Labute approximate surface area is 154 Å². The molecule has 1 amide bonds. The van der Waals surface area contributed by atoms with Crippen molar-refractivity contribution in [3.05, 3.63) is 71.0 Å². The number of rotatable bonds is 5. The summed E-state index contributed by atoms with van der Waals surface area (Å²) >= 11 is 0. The van der Waals surface area contributed by atoms with Gasteiger partial charge in [0, 0.05) is 31.6 Å². The summed E-state index contributed by atoms with van der Waals surface area (Å²) in [5.74, 6) is 0.179. The van der Waals surface area contributed by atoms with Gasteiger partial charge >= 0.3 is 0 Å². The molecule has 2 aromatic carbocycles. The Hall–Kier alpha value is -2.20. The minimum absolute atomic E-state index is 0.0368. The van der Waals surface area contributed by atoms with Crippen molar-refractivity contribution in [3.8, 4) is 0 Å². The zero-order chi connectivity index (χ0) is 18.1. The summed E-state index contributed by atoms with van der Waals surface area (Å²) in [7, 11) is 0. The van der Waals surface area contributed by atoms with Gasteiger partial charge in [-0.05, 0) is 54.5 Å². The highest BCUT2D eigenvalue weighted by molar-refractivity contribution is 5.82. The van der Waals surface area contributed by atoms with Gasteiger partial charge in [0.2, 0.25) is 5.91 Å². The Bertz CT molecular complexity index is 789. The number of carbonyl (C=O) groups excluding carboxylic acids is 1. The van der Waals surface area contributed by atoms with Crippen LogP contribution < -0.4 is 5.32 Å². The molecule has 1 N–H and O–H groups in total. The number of amides is 1. The number of hydrogen-bond acceptors (Lipinski definition) is 2. The number of nitrogens with one attached hydrogen (secondary N) is 1. The van der Waals surface area contributed by atoms with Crippen LogP contribution in [-0.2, 0) is 17.8 Å². The molecule has 4 rings (SSSR count). The minimum atomic E-state index is -0.229. The number of benzene rings is 2. The van der Waals surface area contributed by atoms with E-state index >= 15 is 0 Å². The van der Waals surface area contributed by atoms with Crippen molar-refractivity contribution < 1.29 is 9.18 Å². The van der Waals surface area contributed by atoms with Crippen LogP contribution in [0.25, 0.3) is 0 Å². The highest BCUT2D eigenvalue weighted by Crippen LogP contribution is 2.47. The molecule has 2 aliphatic rings. The van der Waals surface area contributed by atoms with Crippen LogP contribution in [0, 0.1) is 11.7 Å². The van der Waals surface area contributed by atoms with Gasteiger partial charge in [0.25, 0.3) is 0 Å². The first-order valence-electron chi connectivity index (χ1n) is 9.46. The Morgan fingerprint density at radius 1 is 1.19 bits per heavy atom. The van der Waals surface area contributed by atoms with Crippen LogP contribution in [0.15, 0.2) is 48.5 Å². The number of nitrogens with zero attached hydrogens (tertiary/aromatic N) is 1. The monoisotopic (exact) mass is 352 g/mol. The highest BCUT2D eigenvalue weighted by atomic mass is 19.1. The molecule has 1 aliphatic carbocycles. The topological polar surface area (TPSA) is 32.3 Å². The average Bonchev–Trinajstić information content (AvgIpc) is 3.47. The molecule has 0 aromatic heterocycles. The Kier molecular flexibility index (Phi) is 4.77. The molecule has 0 bridgehead atoms. The summed E-state index contributed by atoms with van der Waals surface area (Å²) in [6.07, 6.45) is 1.94. The van der Waals surface area contributed by atoms with Crippen LogP contribution >= 0.6 is 0 Å². The van der Waals surface area contributed by atoms with Crippen LogP contribution in [0.4, 0.5) is 4.39 Å². The van der Waals surface area contributed by atoms with E-state index in [1.165, 1.54) is 23.3 Å². The van der Waals surface area contributed by atoms with Crippen molar-refractivity contribution >= 4 is 5.91 Å². The van der Waals surface area contributed by atoms with Crippen LogP contribution in [0.2, 0.25) is 0 Å². The molecule has 1 fully saturated rings. The molecular formula is C22H25FN2O. The molecule has 2 aromatic rings. The first kappa shape index (κ1) is 17.2.